The van der Waals surface area contributed by atoms with Crippen LogP contribution in [0.2, 0.25) is 0 Å². The molecule has 0 unspecified atom stereocenters. The highest BCUT2D eigenvalue weighted by Gasteiger charge is 2.32. The number of nitrogens with zero attached hydrogens (tertiary/aromatic N) is 4. The van der Waals surface area contributed by atoms with Crippen molar-refractivity contribution in [3.05, 3.63) is 40.4 Å². The van der Waals surface area contributed by atoms with Crippen molar-refractivity contribution in [3.8, 4) is 22.6 Å². The van der Waals surface area contributed by atoms with Gasteiger partial charge < -0.3 is 14.0 Å². The van der Waals surface area contributed by atoms with Crippen LogP contribution in [0.3, 0.4) is 0 Å². The molecule has 3 aromatic rings. The highest BCUT2D eigenvalue weighted by molar-refractivity contribution is 5.94. The number of benzene rings is 1. The van der Waals surface area contributed by atoms with E-state index in [0.29, 0.717) is 5.52 Å². The second kappa shape index (κ2) is 8.01. The lowest BCUT2D eigenvalue weighted by Crippen LogP contribution is -2.57. The van der Waals surface area contributed by atoms with Crippen molar-refractivity contribution in [2.45, 2.75) is 25.9 Å². The summed E-state index contributed by atoms with van der Waals surface area (Å²) in [5.41, 5.74) is 3.34. The summed E-state index contributed by atoms with van der Waals surface area (Å²) in [4.78, 5) is 17.2. The minimum atomic E-state index is -0.107. The van der Waals surface area contributed by atoms with Crippen LogP contribution < -0.4 is 15.0 Å². The molecule has 1 aliphatic heterocycles. The van der Waals surface area contributed by atoms with E-state index in [1.807, 2.05) is 18.3 Å². The van der Waals surface area contributed by atoms with Crippen molar-refractivity contribution in [3.63, 3.8) is 0 Å². The van der Waals surface area contributed by atoms with Crippen LogP contribution in [0.5, 0.6) is 11.5 Å². The molecule has 0 saturated carbocycles. The number of aryl methyl sites for hydroxylation is 1. The van der Waals surface area contributed by atoms with E-state index >= 15 is 0 Å². The molecule has 0 radical (unpaired) electrons. The first kappa shape index (κ1) is 21.4. The van der Waals surface area contributed by atoms with E-state index in [1.54, 1.807) is 32.0 Å². The quantitative estimate of drug-likeness (QED) is 0.677. The minimum Gasteiger partial charge on any atom is -0.496 e. The molecule has 1 saturated heterocycles. The normalized spacial score (nSPS) is 17.2. The fourth-order valence-electron chi connectivity index (χ4n) is 4.38. The third-order valence-electron chi connectivity index (χ3n) is 6.48. The molecule has 0 amide bonds. The third-order valence-corrected chi connectivity index (χ3v) is 6.48. The van der Waals surface area contributed by atoms with E-state index in [0.717, 1.165) is 59.8 Å². The zero-order valence-corrected chi connectivity index (χ0v) is 19.2. The van der Waals surface area contributed by atoms with E-state index < -0.39 is 0 Å². The SMILES string of the molecule is COc1cc(-c2cn(C)c(=O)c3[nH]ncc23)cc(OC)c1CN1CCN(C)C(C)(C)C1. The van der Waals surface area contributed by atoms with Gasteiger partial charge in [0.15, 0.2) is 0 Å². The Morgan fingerprint density at radius 1 is 1.13 bits per heavy atom. The van der Waals surface area contributed by atoms with Crippen LogP contribution in [0.4, 0.5) is 0 Å². The number of aromatic nitrogens is 3. The highest BCUT2D eigenvalue weighted by atomic mass is 16.5. The molecule has 1 aromatic carbocycles. The van der Waals surface area contributed by atoms with Gasteiger partial charge in [-0.05, 0) is 38.6 Å². The molecular formula is C23H31N5O3. The average Bonchev–Trinajstić information content (AvgIpc) is 3.23. The molecule has 2 aromatic heterocycles. The number of fused-ring (bicyclic) bond motifs is 1. The van der Waals surface area contributed by atoms with Crippen molar-refractivity contribution in [2.24, 2.45) is 7.05 Å². The molecule has 3 heterocycles. The number of methoxy groups -OCH3 is 2. The summed E-state index contributed by atoms with van der Waals surface area (Å²) in [6, 6.07) is 4.04. The van der Waals surface area contributed by atoms with E-state index in [2.05, 4.69) is 40.9 Å². The molecule has 1 aliphatic rings. The van der Waals surface area contributed by atoms with Gasteiger partial charge >= 0.3 is 0 Å². The second-order valence-electron chi connectivity index (χ2n) is 8.92. The van der Waals surface area contributed by atoms with E-state index in [-0.39, 0.29) is 11.1 Å². The summed E-state index contributed by atoms with van der Waals surface area (Å²) in [7, 11) is 7.29. The van der Waals surface area contributed by atoms with Crippen LogP contribution in [-0.2, 0) is 13.6 Å². The molecule has 0 aliphatic carbocycles. The van der Waals surface area contributed by atoms with Gasteiger partial charge in [0.1, 0.15) is 17.0 Å². The topological polar surface area (TPSA) is 75.6 Å². The van der Waals surface area contributed by atoms with Crippen molar-refractivity contribution < 1.29 is 9.47 Å². The first-order valence-corrected chi connectivity index (χ1v) is 10.5. The summed E-state index contributed by atoms with van der Waals surface area (Å²) >= 11 is 0. The van der Waals surface area contributed by atoms with E-state index in [4.69, 9.17) is 9.47 Å². The lowest BCUT2D eigenvalue weighted by molar-refractivity contribution is 0.0353. The number of hydrogen-bond acceptors (Lipinski definition) is 6. The Balaban J connectivity index is 1.77. The fourth-order valence-corrected chi connectivity index (χ4v) is 4.38. The standard InChI is InChI=1S/C23H31N5O3/c1-23(2)14-28(8-7-27(23)4)13-18-19(30-5)9-15(10-20(18)31-6)17-12-26(3)22(29)21-16(17)11-24-25-21/h9-12H,7-8,13-14H2,1-6H3,(H,24,25). The zero-order valence-electron chi connectivity index (χ0n) is 19.2. The summed E-state index contributed by atoms with van der Waals surface area (Å²) < 4.78 is 13.2. The Morgan fingerprint density at radius 2 is 1.81 bits per heavy atom. The minimum absolute atomic E-state index is 0.107. The molecule has 0 bridgehead atoms. The van der Waals surface area contributed by atoms with Gasteiger partial charge in [-0.25, -0.2) is 0 Å². The Morgan fingerprint density at radius 3 is 2.42 bits per heavy atom. The molecule has 166 valence electrons. The van der Waals surface area contributed by atoms with Gasteiger partial charge in [-0.3, -0.25) is 19.7 Å². The number of likely N-dealkylation sites (N-methyl/N-ethyl adjacent to an activating group) is 1. The molecule has 0 atom stereocenters. The van der Waals surface area contributed by atoms with Crippen molar-refractivity contribution in [2.75, 3.05) is 40.9 Å². The van der Waals surface area contributed by atoms with Gasteiger partial charge in [0.05, 0.1) is 26.0 Å². The largest absolute Gasteiger partial charge is 0.496 e. The number of H-pyrrole nitrogens is 1. The van der Waals surface area contributed by atoms with Crippen molar-refractivity contribution in [1.82, 2.24) is 24.6 Å². The molecule has 0 spiro atoms. The zero-order chi connectivity index (χ0) is 22.3. The number of hydrogen-bond donors (Lipinski definition) is 1. The number of aromatic amines is 1. The second-order valence-corrected chi connectivity index (χ2v) is 8.92. The maximum atomic E-state index is 12.4. The Labute approximate surface area is 182 Å². The maximum Gasteiger partial charge on any atom is 0.276 e. The van der Waals surface area contributed by atoms with Gasteiger partial charge in [-0.2, -0.15) is 5.10 Å². The van der Waals surface area contributed by atoms with Gasteiger partial charge in [-0.1, -0.05) is 0 Å². The number of piperazine rings is 1. The molecule has 1 N–H and O–H groups in total. The first-order chi connectivity index (χ1) is 14.7. The van der Waals surface area contributed by atoms with Crippen LogP contribution in [-0.4, -0.2) is 71.0 Å². The van der Waals surface area contributed by atoms with E-state index in [9.17, 15) is 4.79 Å². The van der Waals surface area contributed by atoms with Crippen LogP contribution in [0.25, 0.3) is 22.0 Å². The monoisotopic (exact) mass is 425 g/mol. The Kier molecular flexibility index (Phi) is 5.53. The summed E-state index contributed by atoms with van der Waals surface area (Å²) in [5, 5.41) is 7.67. The molecule has 8 nitrogen and oxygen atoms in total. The van der Waals surface area contributed by atoms with Crippen LogP contribution in [0.1, 0.15) is 19.4 Å². The first-order valence-electron chi connectivity index (χ1n) is 10.5. The average molecular weight is 426 g/mol. The maximum absolute atomic E-state index is 12.4. The number of nitrogens with one attached hydrogen (secondary N) is 1. The molecule has 4 rings (SSSR count). The fraction of sp³-hybridized carbons (Fsp3) is 0.478. The van der Waals surface area contributed by atoms with Gasteiger partial charge in [0.2, 0.25) is 0 Å². The van der Waals surface area contributed by atoms with Crippen LogP contribution >= 0.6 is 0 Å². The smallest absolute Gasteiger partial charge is 0.276 e. The predicted octanol–water partition coefficient (Wildman–Crippen LogP) is 2.47. The van der Waals surface area contributed by atoms with Gasteiger partial charge in [0, 0.05) is 55.9 Å². The van der Waals surface area contributed by atoms with Gasteiger partial charge in [0.25, 0.3) is 5.56 Å². The Bertz CT molecular complexity index is 1140. The lowest BCUT2D eigenvalue weighted by atomic mass is 9.97. The molecule has 31 heavy (non-hydrogen) atoms. The third kappa shape index (κ3) is 3.81. The summed E-state index contributed by atoms with van der Waals surface area (Å²) in [6.07, 6.45) is 3.52. The van der Waals surface area contributed by atoms with Crippen LogP contribution in [0, 0.1) is 0 Å². The summed E-state index contributed by atoms with van der Waals surface area (Å²) in [6.45, 7) is 8.27. The van der Waals surface area contributed by atoms with E-state index in [1.165, 1.54) is 0 Å². The number of ether oxygens (including phenoxy) is 2. The number of rotatable bonds is 5. The van der Waals surface area contributed by atoms with Gasteiger partial charge in [-0.15, -0.1) is 0 Å². The van der Waals surface area contributed by atoms with Crippen molar-refractivity contribution in [1.29, 1.82) is 0 Å². The summed E-state index contributed by atoms with van der Waals surface area (Å²) in [5.74, 6) is 1.55. The van der Waals surface area contributed by atoms with Crippen molar-refractivity contribution >= 4 is 10.9 Å². The lowest BCUT2D eigenvalue weighted by Gasteiger charge is -2.45. The molecule has 8 heteroatoms. The van der Waals surface area contributed by atoms with Crippen LogP contribution in [0.15, 0.2) is 29.3 Å². The molecular weight excluding hydrogens is 394 g/mol. The predicted molar refractivity (Wildman–Crippen MR) is 122 cm³/mol. The highest BCUT2D eigenvalue weighted by Crippen LogP contribution is 2.38. The molecule has 1 fully saturated rings. The Hall–Kier alpha value is -2.84. The number of pyridine rings is 1.